The summed E-state index contributed by atoms with van der Waals surface area (Å²) in [7, 11) is 0. The van der Waals surface area contributed by atoms with E-state index < -0.39 is 5.41 Å². The number of hydrogen-bond acceptors (Lipinski definition) is 3. The molecule has 1 atom stereocenters. The minimum absolute atomic E-state index is 0.0395. The Morgan fingerprint density at radius 2 is 1.83 bits per heavy atom. The molecular weight excluding hydrogens is 390 g/mol. The molecule has 1 aromatic rings. The van der Waals surface area contributed by atoms with Crippen LogP contribution in [0.15, 0.2) is 30.3 Å². The lowest BCUT2D eigenvalue weighted by Crippen LogP contribution is -2.50. The molecule has 29 heavy (non-hydrogen) atoms. The summed E-state index contributed by atoms with van der Waals surface area (Å²) in [5, 5.41) is 3.06. The van der Waals surface area contributed by atoms with Gasteiger partial charge in [-0.2, -0.15) is 0 Å². The fourth-order valence-electron chi connectivity index (χ4n) is 3.84. The van der Waals surface area contributed by atoms with Crippen LogP contribution >= 0.6 is 11.6 Å². The van der Waals surface area contributed by atoms with Crippen LogP contribution in [0.4, 0.5) is 0 Å². The lowest BCUT2D eigenvalue weighted by Gasteiger charge is -2.35. The van der Waals surface area contributed by atoms with Gasteiger partial charge in [0.25, 0.3) is 0 Å². The first-order valence-electron chi connectivity index (χ1n) is 10.3. The first-order chi connectivity index (χ1) is 13.8. The summed E-state index contributed by atoms with van der Waals surface area (Å²) in [6.45, 7) is 5.89. The van der Waals surface area contributed by atoms with Crippen molar-refractivity contribution < 1.29 is 14.4 Å². The average Bonchev–Trinajstić information content (AvgIpc) is 3.09. The SMILES string of the molecule is CC(C)(CCl)C(=O)NC1CCN(C(=O)C2CC(=O)N(Cc3ccccc3)C2)CC1. The van der Waals surface area contributed by atoms with Crippen LogP contribution in [-0.2, 0) is 20.9 Å². The lowest BCUT2D eigenvalue weighted by atomic mass is 9.93. The normalized spacial score (nSPS) is 20.8. The maximum Gasteiger partial charge on any atom is 0.227 e. The zero-order chi connectivity index (χ0) is 21.0. The largest absolute Gasteiger partial charge is 0.353 e. The number of piperidine rings is 1. The summed E-state index contributed by atoms with van der Waals surface area (Å²) in [6.07, 6.45) is 1.74. The Balaban J connectivity index is 1.48. The second kappa shape index (κ2) is 9.16. The minimum Gasteiger partial charge on any atom is -0.353 e. The highest BCUT2D eigenvalue weighted by molar-refractivity contribution is 6.19. The first kappa shape index (κ1) is 21.6. The summed E-state index contributed by atoms with van der Waals surface area (Å²) < 4.78 is 0. The summed E-state index contributed by atoms with van der Waals surface area (Å²) >= 11 is 5.87. The van der Waals surface area contributed by atoms with E-state index in [1.54, 1.807) is 4.90 Å². The van der Waals surface area contributed by atoms with Gasteiger partial charge in [-0.15, -0.1) is 11.6 Å². The predicted octanol–water partition coefficient (Wildman–Crippen LogP) is 2.41. The highest BCUT2D eigenvalue weighted by Crippen LogP contribution is 2.24. The van der Waals surface area contributed by atoms with Gasteiger partial charge in [0.05, 0.1) is 11.3 Å². The molecule has 0 aromatic heterocycles. The smallest absolute Gasteiger partial charge is 0.227 e. The molecule has 2 aliphatic rings. The number of alkyl halides is 1. The maximum absolute atomic E-state index is 12.9. The highest BCUT2D eigenvalue weighted by Gasteiger charge is 2.38. The number of halogens is 1. The fourth-order valence-corrected chi connectivity index (χ4v) is 3.96. The monoisotopic (exact) mass is 419 g/mol. The van der Waals surface area contributed by atoms with Gasteiger partial charge in [0.15, 0.2) is 0 Å². The number of carbonyl (C=O) groups is 3. The van der Waals surface area contributed by atoms with Crippen LogP contribution in [0, 0.1) is 11.3 Å². The number of nitrogens with zero attached hydrogens (tertiary/aromatic N) is 2. The van der Waals surface area contributed by atoms with E-state index >= 15 is 0 Å². The molecule has 3 rings (SSSR count). The molecule has 2 aliphatic heterocycles. The van der Waals surface area contributed by atoms with Gasteiger partial charge in [0, 0.05) is 44.5 Å². The second-order valence-electron chi connectivity index (χ2n) is 8.75. The molecule has 1 unspecified atom stereocenters. The van der Waals surface area contributed by atoms with E-state index in [-0.39, 0.29) is 42.0 Å². The molecule has 0 radical (unpaired) electrons. The van der Waals surface area contributed by atoms with E-state index in [1.807, 2.05) is 49.1 Å². The number of rotatable bonds is 6. The minimum atomic E-state index is -0.596. The van der Waals surface area contributed by atoms with Gasteiger partial charge in [-0.25, -0.2) is 0 Å². The number of hydrogen-bond donors (Lipinski definition) is 1. The van der Waals surface area contributed by atoms with Crippen molar-refractivity contribution in [3.63, 3.8) is 0 Å². The van der Waals surface area contributed by atoms with Gasteiger partial charge in [-0.3, -0.25) is 14.4 Å². The van der Waals surface area contributed by atoms with E-state index in [2.05, 4.69) is 5.32 Å². The molecular formula is C22H30ClN3O3. The van der Waals surface area contributed by atoms with E-state index in [1.165, 1.54) is 0 Å². The summed E-state index contributed by atoms with van der Waals surface area (Å²) in [5.41, 5.74) is 0.478. The third-order valence-electron chi connectivity index (χ3n) is 5.87. The van der Waals surface area contributed by atoms with E-state index in [9.17, 15) is 14.4 Å². The fraction of sp³-hybridized carbons (Fsp3) is 0.591. The molecule has 2 heterocycles. The average molecular weight is 420 g/mol. The standard InChI is InChI=1S/C22H30ClN3O3/c1-22(2,15-23)21(29)24-18-8-10-25(11-9-18)20(28)17-12-19(27)26(14-17)13-16-6-4-3-5-7-16/h3-7,17-18H,8-15H2,1-2H3,(H,24,29). The van der Waals surface area contributed by atoms with Gasteiger partial charge in [-0.05, 0) is 32.3 Å². The molecule has 0 bridgehead atoms. The number of amides is 3. The van der Waals surface area contributed by atoms with Crippen molar-refractivity contribution in [3.05, 3.63) is 35.9 Å². The Morgan fingerprint density at radius 1 is 1.17 bits per heavy atom. The second-order valence-corrected chi connectivity index (χ2v) is 9.02. The molecule has 0 aliphatic carbocycles. The summed E-state index contributed by atoms with van der Waals surface area (Å²) in [6, 6.07) is 9.91. The van der Waals surface area contributed by atoms with Crippen molar-refractivity contribution in [2.24, 2.45) is 11.3 Å². The van der Waals surface area contributed by atoms with E-state index in [0.717, 1.165) is 18.4 Å². The van der Waals surface area contributed by atoms with Gasteiger partial charge < -0.3 is 15.1 Å². The van der Waals surface area contributed by atoms with Crippen LogP contribution in [-0.4, -0.2) is 59.1 Å². The molecule has 3 amide bonds. The zero-order valence-electron chi connectivity index (χ0n) is 17.2. The van der Waals surface area contributed by atoms with Crippen LogP contribution in [0.2, 0.25) is 0 Å². The Hall–Kier alpha value is -2.08. The molecule has 6 nitrogen and oxygen atoms in total. The van der Waals surface area contributed by atoms with Crippen molar-refractivity contribution in [2.75, 3.05) is 25.5 Å². The Bertz CT molecular complexity index is 745. The van der Waals surface area contributed by atoms with Crippen molar-refractivity contribution in [3.8, 4) is 0 Å². The van der Waals surface area contributed by atoms with Crippen molar-refractivity contribution in [2.45, 2.75) is 45.7 Å². The van der Waals surface area contributed by atoms with E-state index in [0.29, 0.717) is 26.2 Å². The number of benzene rings is 1. The molecule has 1 N–H and O–H groups in total. The van der Waals surface area contributed by atoms with Crippen LogP contribution in [0.3, 0.4) is 0 Å². The quantitative estimate of drug-likeness (QED) is 0.720. The van der Waals surface area contributed by atoms with Gasteiger partial charge >= 0.3 is 0 Å². The molecule has 0 spiro atoms. The van der Waals surface area contributed by atoms with Crippen molar-refractivity contribution in [1.29, 1.82) is 0 Å². The van der Waals surface area contributed by atoms with Crippen LogP contribution < -0.4 is 5.32 Å². The third-order valence-corrected chi connectivity index (χ3v) is 6.54. The molecule has 1 aromatic carbocycles. The highest BCUT2D eigenvalue weighted by atomic mass is 35.5. The van der Waals surface area contributed by atoms with Crippen LogP contribution in [0.25, 0.3) is 0 Å². The van der Waals surface area contributed by atoms with Crippen LogP contribution in [0.5, 0.6) is 0 Å². The van der Waals surface area contributed by atoms with Crippen molar-refractivity contribution >= 4 is 29.3 Å². The lowest BCUT2D eigenvalue weighted by molar-refractivity contribution is -0.137. The molecule has 2 saturated heterocycles. The molecule has 7 heteroatoms. The van der Waals surface area contributed by atoms with Gasteiger partial charge in [-0.1, -0.05) is 30.3 Å². The van der Waals surface area contributed by atoms with Crippen molar-refractivity contribution in [1.82, 2.24) is 15.1 Å². The summed E-state index contributed by atoms with van der Waals surface area (Å²) in [4.78, 5) is 41.2. The zero-order valence-corrected chi connectivity index (χ0v) is 18.0. The Kier molecular flexibility index (Phi) is 6.83. The van der Waals surface area contributed by atoms with E-state index in [4.69, 9.17) is 11.6 Å². The maximum atomic E-state index is 12.9. The topological polar surface area (TPSA) is 69.7 Å². The van der Waals surface area contributed by atoms with Crippen LogP contribution in [0.1, 0.15) is 38.7 Å². The van der Waals surface area contributed by atoms with Gasteiger partial charge in [0.1, 0.15) is 0 Å². The predicted molar refractivity (Wildman–Crippen MR) is 112 cm³/mol. The number of likely N-dealkylation sites (tertiary alicyclic amines) is 2. The molecule has 2 fully saturated rings. The number of nitrogens with one attached hydrogen (secondary N) is 1. The summed E-state index contributed by atoms with van der Waals surface area (Å²) in [5.74, 6) is 0.0472. The Labute approximate surface area is 177 Å². The van der Waals surface area contributed by atoms with Gasteiger partial charge in [0.2, 0.25) is 17.7 Å². The number of carbonyl (C=O) groups excluding carboxylic acids is 3. The first-order valence-corrected chi connectivity index (χ1v) is 10.8. The Morgan fingerprint density at radius 3 is 2.45 bits per heavy atom. The third kappa shape index (κ3) is 5.30. The molecule has 0 saturated carbocycles. The molecule has 158 valence electrons.